The van der Waals surface area contributed by atoms with Gasteiger partial charge >= 0.3 is 0 Å². The molecule has 4 nitrogen and oxygen atoms in total. The molecule has 4 heteroatoms. The van der Waals surface area contributed by atoms with Crippen LogP contribution in [0.4, 0.5) is 0 Å². The van der Waals surface area contributed by atoms with Crippen LogP contribution >= 0.6 is 0 Å². The molecule has 0 aromatic heterocycles. The fourth-order valence-electron chi connectivity index (χ4n) is 4.98. The molecule has 49 heavy (non-hydrogen) atoms. The summed E-state index contributed by atoms with van der Waals surface area (Å²) in [5, 5.41) is 22.7. The van der Waals surface area contributed by atoms with Gasteiger partial charge < -0.3 is 15.5 Å². The van der Waals surface area contributed by atoms with Crippen molar-refractivity contribution in [3.05, 3.63) is 109 Å². The number of aliphatic hydroxyl groups excluding tert-OH is 2. The maximum atomic E-state index is 12.3. The third kappa shape index (κ3) is 36.2. The van der Waals surface area contributed by atoms with Crippen LogP contribution in [0.25, 0.3) is 0 Å². The number of allylic oxidation sites excluding steroid dienone is 17. The first kappa shape index (κ1) is 46.0. The zero-order valence-electron chi connectivity index (χ0n) is 31.4. The number of rotatable bonds is 33. The highest BCUT2D eigenvalue weighted by Crippen LogP contribution is 2.11. The molecule has 0 rings (SSSR count). The number of amides is 1. The topological polar surface area (TPSA) is 69.6 Å². The quantitative estimate of drug-likeness (QED) is 0.0479. The lowest BCUT2D eigenvalue weighted by atomic mass is 10.1. The third-order valence-corrected chi connectivity index (χ3v) is 7.99. The first-order chi connectivity index (χ1) is 24.2. The van der Waals surface area contributed by atoms with Gasteiger partial charge in [0.25, 0.3) is 0 Å². The van der Waals surface area contributed by atoms with Crippen LogP contribution < -0.4 is 5.32 Å². The van der Waals surface area contributed by atoms with Gasteiger partial charge in [0, 0.05) is 6.42 Å². The molecule has 2 atom stereocenters. The van der Waals surface area contributed by atoms with Crippen molar-refractivity contribution in [3.8, 4) is 0 Å². The molecule has 0 bridgehead atoms. The van der Waals surface area contributed by atoms with E-state index in [1.807, 2.05) is 6.08 Å². The molecular weight excluding hydrogens is 602 g/mol. The molecule has 0 aliphatic rings. The summed E-state index contributed by atoms with van der Waals surface area (Å²) < 4.78 is 0. The number of carbonyl (C=O) groups excluding carboxylic acids is 1. The van der Waals surface area contributed by atoms with Crippen molar-refractivity contribution in [2.75, 3.05) is 6.61 Å². The van der Waals surface area contributed by atoms with E-state index in [0.717, 1.165) is 89.9 Å². The van der Waals surface area contributed by atoms with Gasteiger partial charge in [-0.15, -0.1) is 0 Å². The highest BCUT2D eigenvalue weighted by atomic mass is 16.3. The molecule has 0 aromatic carbocycles. The smallest absolute Gasteiger partial charge is 0.220 e. The standard InChI is InChI=1S/C45H73NO3/c1-3-5-7-9-11-13-14-15-16-17-18-19-20-21-22-23-24-25-26-27-28-29-30-31-32-33-35-37-39-41-45(49)46-43(42-47)44(48)40-38-36-34-12-10-8-6-4-2/h5,7,10-13,15-16,18-19,21-22,24-25,27-28,38,40,43-44,47-48H,3-4,6,8-9,14,17,20,23,26,29-37,39,41-42H2,1-2H3,(H,46,49)/b7-5-,12-10+,13-11-,16-15-,19-18-,22-21-,25-24-,28-27-,40-38+. The predicted octanol–water partition coefficient (Wildman–Crippen LogP) is 12.1. The first-order valence-corrected chi connectivity index (χ1v) is 19.6. The van der Waals surface area contributed by atoms with Gasteiger partial charge in [0.1, 0.15) is 0 Å². The summed E-state index contributed by atoms with van der Waals surface area (Å²) in [7, 11) is 0. The summed E-state index contributed by atoms with van der Waals surface area (Å²) in [5.74, 6) is -0.0961. The van der Waals surface area contributed by atoms with Crippen LogP contribution in [0.2, 0.25) is 0 Å². The molecule has 2 unspecified atom stereocenters. The molecule has 1 amide bonds. The minimum absolute atomic E-state index is 0.0961. The molecule has 0 radical (unpaired) electrons. The van der Waals surface area contributed by atoms with Gasteiger partial charge in [-0.2, -0.15) is 0 Å². The molecule has 0 aliphatic carbocycles. The summed E-state index contributed by atoms with van der Waals surface area (Å²) in [4.78, 5) is 12.3. The van der Waals surface area contributed by atoms with Gasteiger partial charge in [-0.05, 0) is 83.5 Å². The van der Waals surface area contributed by atoms with E-state index in [4.69, 9.17) is 0 Å². The van der Waals surface area contributed by atoms with Crippen molar-refractivity contribution in [2.24, 2.45) is 0 Å². The number of aliphatic hydroxyl groups is 2. The fourth-order valence-corrected chi connectivity index (χ4v) is 4.98. The maximum Gasteiger partial charge on any atom is 0.220 e. The van der Waals surface area contributed by atoms with Gasteiger partial charge in [0.2, 0.25) is 5.91 Å². The Bertz CT molecular complexity index is 995. The van der Waals surface area contributed by atoms with Crippen LogP contribution in [-0.2, 0) is 4.79 Å². The number of unbranched alkanes of at least 4 members (excludes halogenated alkanes) is 10. The third-order valence-electron chi connectivity index (χ3n) is 7.99. The first-order valence-electron chi connectivity index (χ1n) is 19.6. The van der Waals surface area contributed by atoms with Gasteiger partial charge in [-0.3, -0.25) is 4.79 Å². The largest absolute Gasteiger partial charge is 0.394 e. The Hall–Kier alpha value is -2.95. The summed E-state index contributed by atoms with van der Waals surface area (Å²) in [6.07, 6.45) is 60.5. The van der Waals surface area contributed by atoms with Crippen LogP contribution in [0.3, 0.4) is 0 Å². The lowest BCUT2D eigenvalue weighted by molar-refractivity contribution is -0.123. The molecular formula is C45H73NO3. The number of hydrogen-bond donors (Lipinski definition) is 3. The molecule has 0 saturated carbocycles. The Morgan fingerprint density at radius 3 is 1.43 bits per heavy atom. The Labute approximate surface area is 302 Å². The van der Waals surface area contributed by atoms with E-state index < -0.39 is 12.1 Å². The molecule has 0 spiro atoms. The van der Waals surface area contributed by atoms with Crippen molar-refractivity contribution in [3.63, 3.8) is 0 Å². The van der Waals surface area contributed by atoms with Gasteiger partial charge in [0.05, 0.1) is 18.8 Å². The van der Waals surface area contributed by atoms with Crippen molar-refractivity contribution in [1.82, 2.24) is 5.32 Å². The maximum absolute atomic E-state index is 12.3. The number of hydrogen-bond acceptors (Lipinski definition) is 3. The number of nitrogens with one attached hydrogen (secondary N) is 1. The Morgan fingerprint density at radius 1 is 0.510 bits per heavy atom. The highest BCUT2D eigenvalue weighted by molar-refractivity contribution is 5.76. The molecule has 0 heterocycles. The van der Waals surface area contributed by atoms with Crippen molar-refractivity contribution in [2.45, 2.75) is 161 Å². The zero-order chi connectivity index (χ0) is 35.7. The molecule has 0 saturated heterocycles. The second-order valence-corrected chi connectivity index (χ2v) is 12.6. The lowest BCUT2D eigenvalue weighted by Crippen LogP contribution is -2.45. The van der Waals surface area contributed by atoms with E-state index in [1.54, 1.807) is 6.08 Å². The molecule has 0 aliphatic heterocycles. The van der Waals surface area contributed by atoms with E-state index in [2.05, 4.69) is 116 Å². The molecule has 276 valence electrons. The van der Waals surface area contributed by atoms with E-state index in [-0.39, 0.29) is 12.5 Å². The second-order valence-electron chi connectivity index (χ2n) is 12.6. The van der Waals surface area contributed by atoms with Crippen molar-refractivity contribution in [1.29, 1.82) is 0 Å². The van der Waals surface area contributed by atoms with Crippen LogP contribution in [0, 0.1) is 0 Å². The van der Waals surface area contributed by atoms with E-state index in [0.29, 0.717) is 6.42 Å². The van der Waals surface area contributed by atoms with Gasteiger partial charge in [0.15, 0.2) is 0 Å². The van der Waals surface area contributed by atoms with Crippen molar-refractivity contribution < 1.29 is 15.0 Å². The molecule has 0 fully saturated rings. The summed E-state index contributed by atoms with van der Waals surface area (Å²) in [6.45, 7) is 4.08. The van der Waals surface area contributed by atoms with Crippen LogP contribution in [0.5, 0.6) is 0 Å². The summed E-state index contributed by atoms with van der Waals surface area (Å²) in [5.41, 5.74) is 0. The second kappa shape index (κ2) is 39.5. The van der Waals surface area contributed by atoms with Crippen molar-refractivity contribution >= 4 is 5.91 Å². The van der Waals surface area contributed by atoms with E-state index >= 15 is 0 Å². The fraction of sp³-hybridized carbons (Fsp3) is 0.578. The summed E-state index contributed by atoms with van der Waals surface area (Å²) in [6, 6.07) is -0.650. The van der Waals surface area contributed by atoms with Gasteiger partial charge in [-0.1, -0.05) is 168 Å². The van der Waals surface area contributed by atoms with Crippen LogP contribution in [0.15, 0.2) is 109 Å². The Kier molecular flexibility index (Phi) is 37.1. The lowest BCUT2D eigenvalue weighted by Gasteiger charge is -2.19. The Morgan fingerprint density at radius 2 is 0.918 bits per heavy atom. The average Bonchev–Trinajstić information content (AvgIpc) is 3.10. The summed E-state index contributed by atoms with van der Waals surface area (Å²) >= 11 is 0. The molecule has 0 aromatic rings. The average molecular weight is 676 g/mol. The monoisotopic (exact) mass is 676 g/mol. The zero-order valence-corrected chi connectivity index (χ0v) is 31.4. The van der Waals surface area contributed by atoms with E-state index in [9.17, 15) is 15.0 Å². The number of carbonyl (C=O) groups is 1. The highest BCUT2D eigenvalue weighted by Gasteiger charge is 2.17. The predicted molar refractivity (Wildman–Crippen MR) is 216 cm³/mol. The van der Waals surface area contributed by atoms with E-state index in [1.165, 1.54) is 38.5 Å². The van der Waals surface area contributed by atoms with Crippen LogP contribution in [0.1, 0.15) is 149 Å². The van der Waals surface area contributed by atoms with Crippen LogP contribution in [-0.4, -0.2) is 34.9 Å². The molecule has 3 N–H and O–H groups in total. The van der Waals surface area contributed by atoms with Gasteiger partial charge in [-0.25, -0.2) is 0 Å². The minimum Gasteiger partial charge on any atom is -0.394 e. The minimum atomic E-state index is -0.871. The SMILES string of the molecule is CC/C=C\C/C=C\C/C=C\C/C=C\C/C=C\C/C=C\C/C=C\CCCCCCCCCC(=O)NC(CO)C(O)/C=C/CC/C=C/CCCC. The normalized spacial score (nSPS) is 14.3. The Balaban J connectivity index is 3.67.